The molecule has 0 atom stereocenters. The molecule has 1 nitrogen and oxygen atoms in total. The lowest BCUT2D eigenvalue weighted by molar-refractivity contribution is 0.475. The standard InChI is InChI=1S/C7H7ClOS/c8-6-2-1-5(4-10)3-7(6)9/h1-3,9-10H,4H2. The van der Waals surface area contributed by atoms with Gasteiger partial charge >= 0.3 is 0 Å². The molecule has 0 aliphatic heterocycles. The van der Waals surface area contributed by atoms with Gasteiger partial charge in [0.25, 0.3) is 0 Å². The minimum Gasteiger partial charge on any atom is -0.506 e. The molecule has 0 saturated carbocycles. The second kappa shape index (κ2) is 3.17. The van der Waals surface area contributed by atoms with E-state index in [1.807, 2.05) is 6.07 Å². The second-order valence-corrected chi connectivity index (χ2v) is 2.67. The van der Waals surface area contributed by atoms with Crippen LogP contribution in [0.25, 0.3) is 0 Å². The Bertz CT molecular complexity index is 237. The molecule has 54 valence electrons. The molecule has 0 heterocycles. The summed E-state index contributed by atoms with van der Waals surface area (Å²) in [4.78, 5) is 0. The Labute approximate surface area is 70.0 Å². The van der Waals surface area contributed by atoms with Crippen LogP contribution in [-0.4, -0.2) is 5.11 Å². The number of benzene rings is 1. The molecule has 10 heavy (non-hydrogen) atoms. The van der Waals surface area contributed by atoms with Crippen LogP contribution in [0.3, 0.4) is 0 Å². The molecular formula is C7H7ClOS. The molecule has 0 aromatic heterocycles. The average molecular weight is 175 g/mol. The Kier molecular flexibility index (Phi) is 2.46. The minimum absolute atomic E-state index is 0.119. The van der Waals surface area contributed by atoms with Crippen molar-refractivity contribution in [3.8, 4) is 5.75 Å². The first kappa shape index (κ1) is 7.76. The first-order chi connectivity index (χ1) is 4.74. The van der Waals surface area contributed by atoms with Crippen molar-refractivity contribution < 1.29 is 5.11 Å². The summed E-state index contributed by atoms with van der Waals surface area (Å²) in [5, 5.41) is 9.45. The predicted octanol–water partition coefficient (Wildman–Crippen LogP) is 2.48. The van der Waals surface area contributed by atoms with Crippen LogP contribution in [0.1, 0.15) is 5.56 Å². The largest absolute Gasteiger partial charge is 0.506 e. The van der Waals surface area contributed by atoms with Crippen LogP contribution in [0.2, 0.25) is 5.02 Å². The van der Waals surface area contributed by atoms with Crippen molar-refractivity contribution in [2.24, 2.45) is 0 Å². The van der Waals surface area contributed by atoms with Crippen LogP contribution in [-0.2, 0) is 5.75 Å². The normalized spacial score (nSPS) is 9.80. The number of hydrogen-bond donors (Lipinski definition) is 2. The average Bonchev–Trinajstić information content (AvgIpc) is 1.95. The SMILES string of the molecule is Oc1cc(CS)ccc1Cl. The number of halogens is 1. The number of hydrogen-bond acceptors (Lipinski definition) is 2. The maximum absolute atomic E-state index is 9.07. The van der Waals surface area contributed by atoms with E-state index in [2.05, 4.69) is 12.6 Å². The Balaban J connectivity index is 3.04. The van der Waals surface area contributed by atoms with Crippen molar-refractivity contribution >= 4 is 24.2 Å². The van der Waals surface area contributed by atoms with Crippen molar-refractivity contribution in [1.82, 2.24) is 0 Å². The van der Waals surface area contributed by atoms with E-state index in [1.54, 1.807) is 12.1 Å². The summed E-state index contributed by atoms with van der Waals surface area (Å²) in [7, 11) is 0. The Morgan fingerprint density at radius 1 is 1.50 bits per heavy atom. The third kappa shape index (κ3) is 1.58. The van der Waals surface area contributed by atoms with Gasteiger partial charge in [-0.05, 0) is 17.7 Å². The van der Waals surface area contributed by atoms with Crippen LogP contribution in [0, 0.1) is 0 Å². The topological polar surface area (TPSA) is 20.2 Å². The second-order valence-electron chi connectivity index (χ2n) is 1.94. The lowest BCUT2D eigenvalue weighted by atomic mass is 10.2. The van der Waals surface area contributed by atoms with Crippen LogP contribution in [0.5, 0.6) is 5.75 Å². The zero-order valence-electron chi connectivity index (χ0n) is 5.21. The van der Waals surface area contributed by atoms with E-state index in [4.69, 9.17) is 16.7 Å². The first-order valence-corrected chi connectivity index (χ1v) is 3.83. The number of phenolic OH excluding ortho intramolecular Hbond substituents is 1. The highest BCUT2D eigenvalue weighted by Gasteiger charge is 1.96. The van der Waals surface area contributed by atoms with Crippen molar-refractivity contribution in [3.05, 3.63) is 28.8 Å². The third-order valence-corrected chi connectivity index (χ3v) is 1.88. The molecule has 3 heteroatoms. The summed E-state index contributed by atoms with van der Waals surface area (Å²) in [5.41, 5.74) is 0.963. The van der Waals surface area contributed by atoms with E-state index < -0.39 is 0 Å². The molecule has 1 N–H and O–H groups in total. The maximum Gasteiger partial charge on any atom is 0.134 e. The van der Waals surface area contributed by atoms with Crippen LogP contribution < -0.4 is 0 Å². The molecule has 0 aliphatic carbocycles. The van der Waals surface area contributed by atoms with E-state index in [9.17, 15) is 0 Å². The quantitative estimate of drug-likeness (QED) is 0.627. The number of phenols is 1. The lowest BCUT2D eigenvalue weighted by Gasteiger charge is -1.97. The predicted molar refractivity (Wildman–Crippen MR) is 45.8 cm³/mol. The zero-order chi connectivity index (χ0) is 7.56. The van der Waals surface area contributed by atoms with E-state index in [-0.39, 0.29) is 5.75 Å². The van der Waals surface area contributed by atoms with Gasteiger partial charge in [0.15, 0.2) is 0 Å². The molecule has 0 radical (unpaired) electrons. The summed E-state index contributed by atoms with van der Waals surface area (Å²) in [6.07, 6.45) is 0. The summed E-state index contributed by atoms with van der Waals surface area (Å²) in [6.45, 7) is 0. The Morgan fingerprint density at radius 2 is 2.20 bits per heavy atom. The van der Waals surface area contributed by atoms with Crippen LogP contribution >= 0.6 is 24.2 Å². The molecule has 0 spiro atoms. The van der Waals surface area contributed by atoms with Crippen LogP contribution in [0.4, 0.5) is 0 Å². The van der Waals surface area contributed by atoms with Crippen molar-refractivity contribution in [3.63, 3.8) is 0 Å². The number of rotatable bonds is 1. The molecule has 0 amide bonds. The Hall–Kier alpha value is -0.340. The van der Waals surface area contributed by atoms with Crippen molar-refractivity contribution in [2.75, 3.05) is 0 Å². The summed E-state index contributed by atoms with van der Waals surface area (Å²) >= 11 is 9.60. The number of aromatic hydroxyl groups is 1. The van der Waals surface area contributed by atoms with Gasteiger partial charge in [-0.25, -0.2) is 0 Å². The fourth-order valence-corrected chi connectivity index (χ4v) is 0.971. The molecule has 0 aliphatic rings. The minimum atomic E-state index is 0.119. The van der Waals surface area contributed by atoms with Crippen LogP contribution in [0.15, 0.2) is 18.2 Å². The van der Waals surface area contributed by atoms with Gasteiger partial charge in [-0.15, -0.1) is 0 Å². The molecule has 0 unspecified atom stereocenters. The fourth-order valence-electron chi connectivity index (χ4n) is 0.657. The van der Waals surface area contributed by atoms with Crippen molar-refractivity contribution in [1.29, 1.82) is 0 Å². The Morgan fingerprint density at radius 3 is 2.70 bits per heavy atom. The smallest absolute Gasteiger partial charge is 0.134 e. The molecule has 0 bridgehead atoms. The third-order valence-electron chi connectivity index (χ3n) is 1.19. The molecule has 1 aromatic carbocycles. The van der Waals surface area contributed by atoms with E-state index in [0.29, 0.717) is 10.8 Å². The highest BCUT2D eigenvalue weighted by Crippen LogP contribution is 2.23. The fraction of sp³-hybridized carbons (Fsp3) is 0.143. The zero-order valence-corrected chi connectivity index (χ0v) is 6.86. The summed E-state index contributed by atoms with van der Waals surface area (Å²) < 4.78 is 0. The van der Waals surface area contributed by atoms with Gasteiger partial charge < -0.3 is 5.11 Å². The van der Waals surface area contributed by atoms with E-state index >= 15 is 0 Å². The molecule has 0 saturated heterocycles. The number of thiol groups is 1. The van der Waals surface area contributed by atoms with Crippen molar-refractivity contribution in [2.45, 2.75) is 5.75 Å². The monoisotopic (exact) mass is 174 g/mol. The molecular weight excluding hydrogens is 168 g/mol. The van der Waals surface area contributed by atoms with Gasteiger partial charge in [-0.1, -0.05) is 17.7 Å². The summed E-state index contributed by atoms with van der Waals surface area (Å²) in [6, 6.07) is 5.09. The lowest BCUT2D eigenvalue weighted by Crippen LogP contribution is -1.76. The highest BCUT2D eigenvalue weighted by atomic mass is 35.5. The van der Waals surface area contributed by atoms with Gasteiger partial charge in [0, 0.05) is 5.75 Å². The highest BCUT2D eigenvalue weighted by molar-refractivity contribution is 7.79. The molecule has 1 aromatic rings. The van der Waals surface area contributed by atoms with Gasteiger partial charge in [-0.3, -0.25) is 0 Å². The van der Waals surface area contributed by atoms with Gasteiger partial charge in [0.1, 0.15) is 5.75 Å². The molecule has 1 rings (SSSR count). The van der Waals surface area contributed by atoms with Gasteiger partial charge in [0.2, 0.25) is 0 Å². The summed E-state index contributed by atoms with van der Waals surface area (Å²) in [5.74, 6) is 0.735. The van der Waals surface area contributed by atoms with Gasteiger partial charge in [-0.2, -0.15) is 12.6 Å². The van der Waals surface area contributed by atoms with E-state index in [0.717, 1.165) is 5.56 Å². The maximum atomic E-state index is 9.07. The van der Waals surface area contributed by atoms with E-state index in [1.165, 1.54) is 0 Å². The first-order valence-electron chi connectivity index (χ1n) is 2.82. The van der Waals surface area contributed by atoms with Gasteiger partial charge in [0.05, 0.1) is 5.02 Å². The molecule has 0 fully saturated rings.